The number of nitrogens with two attached hydrogens (primary N) is 1. The van der Waals surface area contributed by atoms with E-state index in [9.17, 15) is 9.59 Å². The van der Waals surface area contributed by atoms with E-state index in [-0.39, 0.29) is 29.8 Å². The minimum absolute atomic E-state index is 0. The zero-order chi connectivity index (χ0) is 16.2. The van der Waals surface area contributed by atoms with E-state index >= 15 is 0 Å². The zero-order valence-corrected chi connectivity index (χ0v) is 14.6. The van der Waals surface area contributed by atoms with Crippen LogP contribution in [0.4, 0.5) is 0 Å². The van der Waals surface area contributed by atoms with Crippen molar-refractivity contribution in [2.24, 2.45) is 5.73 Å². The van der Waals surface area contributed by atoms with Crippen LogP contribution in [0.25, 0.3) is 0 Å². The van der Waals surface area contributed by atoms with Gasteiger partial charge in [0.15, 0.2) is 0 Å². The first kappa shape index (κ1) is 19.5. The van der Waals surface area contributed by atoms with Gasteiger partial charge in [0.25, 0.3) is 11.8 Å². The molecule has 1 aromatic rings. The standard InChI is InChI=1S/C17H25N3O2.ClH/c1-3-20(2)16(22)14-8-6-7-13(11-14)15(21)19-17(12-18)9-4-5-10-17;/h6-8,11H,3-5,9-10,12,18H2,1-2H3,(H,19,21);1H. The third kappa shape index (κ3) is 4.45. The Morgan fingerprint density at radius 3 is 2.43 bits per heavy atom. The molecule has 128 valence electrons. The molecule has 23 heavy (non-hydrogen) atoms. The van der Waals surface area contributed by atoms with Crippen LogP contribution in [0.15, 0.2) is 24.3 Å². The van der Waals surface area contributed by atoms with E-state index in [0.29, 0.717) is 24.2 Å². The molecule has 5 nitrogen and oxygen atoms in total. The molecule has 1 aromatic carbocycles. The summed E-state index contributed by atoms with van der Waals surface area (Å²) in [6, 6.07) is 6.87. The van der Waals surface area contributed by atoms with Crippen LogP contribution in [0.2, 0.25) is 0 Å². The molecule has 1 aliphatic rings. The van der Waals surface area contributed by atoms with Crippen LogP contribution in [0.1, 0.15) is 53.3 Å². The van der Waals surface area contributed by atoms with Crippen molar-refractivity contribution in [3.63, 3.8) is 0 Å². The summed E-state index contributed by atoms with van der Waals surface area (Å²) >= 11 is 0. The Labute approximate surface area is 144 Å². The lowest BCUT2D eigenvalue weighted by molar-refractivity contribution is 0.0802. The molecule has 0 unspecified atom stereocenters. The smallest absolute Gasteiger partial charge is 0.253 e. The second kappa shape index (κ2) is 8.31. The number of nitrogens with one attached hydrogen (secondary N) is 1. The van der Waals surface area contributed by atoms with Crippen molar-refractivity contribution in [2.75, 3.05) is 20.1 Å². The minimum atomic E-state index is -0.280. The Balaban J connectivity index is 0.00000264. The number of carbonyl (C=O) groups is 2. The second-order valence-corrected chi connectivity index (χ2v) is 6.05. The lowest BCUT2D eigenvalue weighted by Gasteiger charge is -2.28. The van der Waals surface area contributed by atoms with Crippen LogP contribution in [0.5, 0.6) is 0 Å². The first-order valence-corrected chi connectivity index (χ1v) is 7.89. The zero-order valence-electron chi connectivity index (χ0n) is 13.8. The molecule has 0 aliphatic heterocycles. The van der Waals surface area contributed by atoms with Gasteiger partial charge in [0.1, 0.15) is 0 Å². The van der Waals surface area contributed by atoms with Gasteiger partial charge < -0.3 is 16.0 Å². The van der Waals surface area contributed by atoms with Gasteiger partial charge in [-0.25, -0.2) is 0 Å². The fourth-order valence-electron chi connectivity index (χ4n) is 2.90. The van der Waals surface area contributed by atoms with Crippen LogP contribution in [0.3, 0.4) is 0 Å². The van der Waals surface area contributed by atoms with Crippen molar-refractivity contribution < 1.29 is 9.59 Å². The van der Waals surface area contributed by atoms with Crippen molar-refractivity contribution in [3.8, 4) is 0 Å². The fraction of sp³-hybridized carbons (Fsp3) is 0.529. The molecule has 1 aliphatic carbocycles. The third-order valence-electron chi connectivity index (χ3n) is 4.52. The van der Waals surface area contributed by atoms with Gasteiger partial charge in [0, 0.05) is 31.3 Å². The number of halogens is 1. The summed E-state index contributed by atoms with van der Waals surface area (Å²) in [6.45, 7) is 3.00. The Morgan fingerprint density at radius 2 is 1.87 bits per heavy atom. The summed E-state index contributed by atoms with van der Waals surface area (Å²) in [7, 11) is 1.75. The highest BCUT2D eigenvalue weighted by Crippen LogP contribution is 2.29. The van der Waals surface area contributed by atoms with Crippen molar-refractivity contribution in [1.82, 2.24) is 10.2 Å². The largest absolute Gasteiger partial charge is 0.345 e. The first-order valence-electron chi connectivity index (χ1n) is 7.89. The van der Waals surface area contributed by atoms with Gasteiger partial charge in [0.05, 0.1) is 5.54 Å². The molecule has 1 fully saturated rings. The Hall–Kier alpha value is -1.59. The van der Waals surface area contributed by atoms with Crippen LogP contribution in [-0.4, -0.2) is 42.4 Å². The van der Waals surface area contributed by atoms with Gasteiger partial charge in [0.2, 0.25) is 0 Å². The van der Waals surface area contributed by atoms with Gasteiger partial charge in [-0.15, -0.1) is 12.4 Å². The number of carbonyl (C=O) groups excluding carboxylic acids is 2. The SMILES string of the molecule is CCN(C)C(=O)c1cccc(C(=O)NC2(CN)CCCC2)c1.Cl. The second-order valence-electron chi connectivity index (χ2n) is 6.05. The van der Waals surface area contributed by atoms with E-state index in [1.54, 1.807) is 36.2 Å². The number of amides is 2. The van der Waals surface area contributed by atoms with E-state index in [2.05, 4.69) is 5.32 Å². The molecular formula is C17H26ClN3O2. The topological polar surface area (TPSA) is 75.4 Å². The molecule has 0 radical (unpaired) electrons. The summed E-state index contributed by atoms with van der Waals surface area (Å²) in [6.07, 6.45) is 4.04. The lowest BCUT2D eigenvalue weighted by atomic mass is 9.97. The van der Waals surface area contributed by atoms with Gasteiger partial charge >= 0.3 is 0 Å². The van der Waals surface area contributed by atoms with E-state index in [4.69, 9.17) is 5.73 Å². The van der Waals surface area contributed by atoms with Gasteiger partial charge in [-0.1, -0.05) is 18.9 Å². The maximum Gasteiger partial charge on any atom is 0.253 e. The Bertz CT molecular complexity index is 557. The molecule has 0 heterocycles. The predicted molar refractivity (Wildman–Crippen MR) is 94.0 cm³/mol. The monoisotopic (exact) mass is 339 g/mol. The van der Waals surface area contributed by atoms with Gasteiger partial charge in [-0.05, 0) is 38.0 Å². The average Bonchev–Trinajstić information content (AvgIpc) is 3.02. The van der Waals surface area contributed by atoms with Crippen molar-refractivity contribution in [3.05, 3.63) is 35.4 Å². The molecule has 0 atom stereocenters. The molecule has 0 bridgehead atoms. The van der Waals surface area contributed by atoms with Crippen molar-refractivity contribution in [1.29, 1.82) is 0 Å². The Morgan fingerprint density at radius 1 is 1.26 bits per heavy atom. The number of benzene rings is 1. The van der Waals surface area contributed by atoms with Crippen LogP contribution in [-0.2, 0) is 0 Å². The maximum absolute atomic E-state index is 12.5. The predicted octanol–water partition coefficient (Wildman–Crippen LogP) is 2.20. The van der Waals surface area contributed by atoms with Crippen molar-refractivity contribution >= 4 is 24.2 Å². The molecule has 6 heteroatoms. The third-order valence-corrected chi connectivity index (χ3v) is 4.52. The molecular weight excluding hydrogens is 314 g/mol. The lowest BCUT2D eigenvalue weighted by Crippen LogP contribution is -2.51. The number of nitrogens with zero attached hydrogens (tertiary/aromatic N) is 1. The number of hydrogen-bond acceptors (Lipinski definition) is 3. The summed E-state index contributed by atoms with van der Waals surface area (Å²) < 4.78 is 0. The van der Waals surface area contributed by atoms with E-state index in [1.807, 2.05) is 6.92 Å². The number of hydrogen-bond donors (Lipinski definition) is 2. The van der Waals surface area contributed by atoms with Gasteiger partial charge in [-0.2, -0.15) is 0 Å². The molecule has 0 spiro atoms. The minimum Gasteiger partial charge on any atom is -0.345 e. The molecule has 3 N–H and O–H groups in total. The highest BCUT2D eigenvalue weighted by Gasteiger charge is 2.34. The highest BCUT2D eigenvalue weighted by atomic mass is 35.5. The van der Waals surface area contributed by atoms with Crippen molar-refractivity contribution in [2.45, 2.75) is 38.1 Å². The number of rotatable bonds is 5. The van der Waals surface area contributed by atoms with E-state index < -0.39 is 0 Å². The quantitative estimate of drug-likeness (QED) is 0.863. The summed E-state index contributed by atoms with van der Waals surface area (Å²) in [5.41, 5.74) is 6.62. The van der Waals surface area contributed by atoms with Crippen LogP contribution < -0.4 is 11.1 Å². The molecule has 1 saturated carbocycles. The average molecular weight is 340 g/mol. The summed E-state index contributed by atoms with van der Waals surface area (Å²) in [4.78, 5) is 26.3. The van der Waals surface area contributed by atoms with E-state index in [0.717, 1.165) is 25.7 Å². The highest BCUT2D eigenvalue weighted by molar-refractivity contribution is 5.99. The molecule has 2 rings (SSSR count). The van der Waals surface area contributed by atoms with Gasteiger partial charge in [-0.3, -0.25) is 9.59 Å². The Kier molecular flexibility index (Phi) is 7.03. The van der Waals surface area contributed by atoms with E-state index in [1.165, 1.54) is 0 Å². The maximum atomic E-state index is 12.5. The summed E-state index contributed by atoms with van der Waals surface area (Å²) in [5, 5.41) is 3.08. The van der Waals surface area contributed by atoms with Crippen LogP contribution in [0, 0.1) is 0 Å². The normalized spacial score (nSPS) is 15.6. The summed E-state index contributed by atoms with van der Waals surface area (Å²) in [5.74, 6) is -0.229. The molecule has 0 saturated heterocycles. The molecule has 2 amide bonds. The first-order chi connectivity index (χ1) is 10.5. The molecule has 0 aromatic heterocycles. The fourth-order valence-corrected chi connectivity index (χ4v) is 2.90. The van der Waals surface area contributed by atoms with Crippen LogP contribution >= 0.6 is 12.4 Å².